The van der Waals surface area contributed by atoms with Crippen LogP contribution in [-0.2, 0) is 4.79 Å². The number of phenolic OH excluding ortho intramolecular Hbond substituents is 1. The molecular weight excluding hydrogens is 264 g/mol. The first-order chi connectivity index (χ1) is 10.0. The number of rotatable bonds is 0. The molecule has 3 heteroatoms. The molecule has 3 aliphatic carbocycles. The summed E-state index contributed by atoms with van der Waals surface area (Å²) in [5, 5.41) is 9.63. The summed E-state index contributed by atoms with van der Waals surface area (Å²) in [6.07, 6.45) is 4.08. The smallest absolute Gasteiger partial charge is 0.163 e. The van der Waals surface area contributed by atoms with Gasteiger partial charge in [0.25, 0.3) is 0 Å². The van der Waals surface area contributed by atoms with Gasteiger partial charge in [0.1, 0.15) is 11.5 Å². The van der Waals surface area contributed by atoms with E-state index < -0.39 is 0 Å². The number of hydrogen-bond acceptors (Lipinski definition) is 3. The SMILES string of the molecule is C[C@@]12CC[C@H]3c4ccc(O)cc4C(=O)C[C@@H]3[C@H]1CCC2=O. The van der Waals surface area contributed by atoms with Crippen molar-refractivity contribution in [1.29, 1.82) is 0 Å². The molecule has 4 atom stereocenters. The molecule has 0 amide bonds. The van der Waals surface area contributed by atoms with E-state index >= 15 is 0 Å². The lowest BCUT2D eigenvalue weighted by Crippen LogP contribution is -2.43. The number of carbonyl (C=O) groups excluding carboxylic acids is 2. The molecule has 1 aromatic carbocycles. The molecule has 0 saturated heterocycles. The lowest BCUT2D eigenvalue weighted by molar-refractivity contribution is -0.129. The molecule has 3 nitrogen and oxygen atoms in total. The zero-order chi connectivity index (χ0) is 14.8. The van der Waals surface area contributed by atoms with Crippen molar-refractivity contribution in [2.75, 3.05) is 0 Å². The van der Waals surface area contributed by atoms with Gasteiger partial charge < -0.3 is 5.11 Å². The van der Waals surface area contributed by atoms with Crippen molar-refractivity contribution in [2.45, 2.75) is 44.9 Å². The normalized spacial score (nSPS) is 37.9. The maximum absolute atomic E-state index is 12.5. The zero-order valence-electron chi connectivity index (χ0n) is 12.3. The second-order valence-corrected chi connectivity index (χ2v) is 7.19. The van der Waals surface area contributed by atoms with Crippen molar-refractivity contribution >= 4 is 11.6 Å². The summed E-state index contributed by atoms with van der Waals surface area (Å²) in [6.45, 7) is 2.11. The minimum atomic E-state index is -0.199. The number of carbonyl (C=O) groups is 2. The lowest BCUT2D eigenvalue weighted by Gasteiger charge is -2.47. The average molecular weight is 284 g/mol. The number of Topliss-reactive ketones (excluding diaryl/α,β-unsaturated/α-hetero) is 2. The van der Waals surface area contributed by atoms with Crippen LogP contribution in [0, 0.1) is 17.3 Å². The highest BCUT2D eigenvalue weighted by Gasteiger charge is 2.55. The number of aromatic hydroxyl groups is 1. The minimum absolute atomic E-state index is 0.130. The van der Waals surface area contributed by atoms with Crippen molar-refractivity contribution in [1.82, 2.24) is 0 Å². The molecule has 110 valence electrons. The minimum Gasteiger partial charge on any atom is -0.508 e. The summed E-state index contributed by atoms with van der Waals surface area (Å²) in [5.74, 6) is 1.73. The first kappa shape index (κ1) is 13.1. The van der Waals surface area contributed by atoms with Gasteiger partial charge in [0.2, 0.25) is 0 Å². The predicted octanol–water partition coefficient (Wildman–Crippen LogP) is 3.46. The molecule has 0 aromatic heterocycles. The second kappa shape index (κ2) is 4.19. The summed E-state index contributed by atoms with van der Waals surface area (Å²) >= 11 is 0. The third-order valence-electron chi connectivity index (χ3n) is 6.30. The second-order valence-electron chi connectivity index (χ2n) is 7.19. The molecule has 1 N–H and O–H groups in total. The van der Waals surface area contributed by atoms with Crippen LogP contribution in [0.1, 0.15) is 60.9 Å². The van der Waals surface area contributed by atoms with Crippen LogP contribution in [0.15, 0.2) is 18.2 Å². The molecular formula is C18H20O3. The molecule has 2 saturated carbocycles. The van der Waals surface area contributed by atoms with Crippen LogP contribution < -0.4 is 0 Å². The van der Waals surface area contributed by atoms with Gasteiger partial charge in [-0.3, -0.25) is 9.59 Å². The van der Waals surface area contributed by atoms with E-state index in [1.54, 1.807) is 12.1 Å². The Bertz CT molecular complexity index is 648. The topological polar surface area (TPSA) is 54.4 Å². The zero-order valence-corrected chi connectivity index (χ0v) is 12.3. The summed E-state index contributed by atoms with van der Waals surface area (Å²) < 4.78 is 0. The Morgan fingerprint density at radius 1 is 1.24 bits per heavy atom. The molecule has 0 heterocycles. The van der Waals surface area contributed by atoms with Gasteiger partial charge in [-0.2, -0.15) is 0 Å². The maximum atomic E-state index is 12.5. The first-order valence-electron chi connectivity index (χ1n) is 7.90. The van der Waals surface area contributed by atoms with Crippen molar-refractivity contribution in [3.8, 4) is 5.75 Å². The van der Waals surface area contributed by atoms with E-state index in [1.165, 1.54) is 0 Å². The van der Waals surface area contributed by atoms with Crippen molar-refractivity contribution < 1.29 is 14.7 Å². The van der Waals surface area contributed by atoms with Gasteiger partial charge in [-0.25, -0.2) is 0 Å². The van der Waals surface area contributed by atoms with Gasteiger partial charge >= 0.3 is 0 Å². The van der Waals surface area contributed by atoms with Crippen molar-refractivity contribution in [2.24, 2.45) is 17.3 Å². The van der Waals surface area contributed by atoms with Crippen LogP contribution in [0.25, 0.3) is 0 Å². The van der Waals surface area contributed by atoms with E-state index in [4.69, 9.17) is 0 Å². The van der Waals surface area contributed by atoms with Crippen LogP contribution in [0.2, 0.25) is 0 Å². The molecule has 1 aromatic rings. The van der Waals surface area contributed by atoms with E-state index in [2.05, 4.69) is 6.92 Å². The number of hydrogen-bond donors (Lipinski definition) is 1. The monoisotopic (exact) mass is 284 g/mol. The van der Waals surface area contributed by atoms with Gasteiger partial charge in [0, 0.05) is 23.8 Å². The molecule has 0 unspecified atom stereocenters. The van der Waals surface area contributed by atoms with Gasteiger partial charge in [-0.05, 0) is 54.7 Å². The molecule has 0 aliphatic heterocycles. The number of ketones is 2. The number of phenols is 1. The maximum Gasteiger partial charge on any atom is 0.163 e. The molecule has 0 bridgehead atoms. The van der Waals surface area contributed by atoms with Gasteiger partial charge in [0.15, 0.2) is 5.78 Å². The molecule has 2 fully saturated rings. The summed E-state index contributed by atoms with van der Waals surface area (Å²) in [5.41, 5.74) is 1.59. The summed E-state index contributed by atoms with van der Waals surface area (Å²) in [7, 11) is 0. The molecule has 0 spiro atoms. The highest BCUT2D eigenvalue weighted by atomic mass is 16.3. The van der Waals surface area contributed by atoms with Crippen LogP contribution in [0.5, 0.6) is 5.75 Å². The van der Waals surface area contributed by atoms with Gasteiger partial charge in [-0.1, -0.05) is 13.0 Å². The Balaban J connectivity index is 1.78. The third kappa shape index (κ3) is 1.66. The summed E-state index contributed by atoms with van der Waals surface area (Å²) in [4.78, 5) is 24.7. The number of benzene rings is 1. The van der Waals surface area contributed by atoms with E-state index in [1.807, 2.05) is 6.07 Å². The van der Waals surface area contributed by atoms with Gasteiger partial charge in [-0.15, -0.1) is 0 Å². The Morgan fingerprint density at radius 2 is 2.05 bits per heavy atom. The predicted molar refractivity (Wildman–Crippen MR) is 78.4 cm³/mol. The fraction of sp³-hybridized carbons (Fsp3) is 0.556. The Morgan fingerprint density at radius 3 is 2.86 bits per heavy atom. The van der Waals surface area contributed by atoms with Crippen LogP contribution >= 0.6 is 0 Å². The fourth-order valence-electron chi connectivity index (χ4n) is 5.16. The molecule has 21 heavy (non-hydrogen) atoms. The standard InChI is InChI=1S/C18H20O3/c1-18-7-6-12-11-3-2-10(19)8-14(11)16(20)9-13(12)15(18)4-5-17(18)21/h2-3,8,12-13,15,19H,4-7,9H2,1H3/t12-,13-,15+,18+/m0/s1. The molecule has 0 radical (unpaired) electrons. The van der Waals surface area contributed by atoms with Crippen LogP contribution in [0.3, 0.4) is 0 Å². The first-order valence-corrected chi connectivity index (χ1v) is 7.90. The van der Waals surface area contributed by atoms with E-state index in [0.717, 1.165) is 24.8 Å². The lowest BCUT2D eigenvalue weighted by atomic mass is 9.55. The highest BCUT2D eigenvalue weighted by molar-refractivity contribution is 5.99. The Hall–Kier alpha value is -1.64. The average Bonchev–Trinajstić information content (AvgIpc) is 2.76. The van der Waals surface area contributed by atoms with Gasteiger partial charge in [0.05, 0.1) is 0 Å². The van der Waals surface area contributed by atoms with Crippen molar-refractivity contribution in [3.05, 3.63) is 29.3 Å². The van der Waals surface area contributed by atoms with Crippen LogP contribution in [0.4, 0.5) is 0 Å². The van der Waals surface area contributed by atoms with Crippen LogP contribution in [-0.4, -0.2) is 16.7 Å². The van der Waals surface area contributed by atoms with Crippen molar-refractivity contribution in [3.63, 3.8) is 0 Å². The van der Waals surface area contributed by atoms with E-state index in [-0.39, 0.29) is 16.9 Å². The quantitative estimate of drug-likeness (QED) is 0.793. The van der Waals surface area contributed by atoms with E-state index in [9.17, 15) is 14.7 Å². The number of fused-ring (bicyclic) bond motifs is 5. The highest BCUT2D eigenvalue weighted by Crippen LogP contribution is 2.59. The fourth-order valence-corrected chi connectivity index (χ4v) is 5.16. The molecule has 3 aliphatic rings. The third-order valence-corrected chi connectivity index (χ3v) is 6.30. The Labute approximate surface area is 124 Å². The Kier molecular flexibility index (Phi) is 2.60. The largest absolute Gasteiger partial charge is 0.508 e. The van der Waals surface area contributed by atoms with E-state index in [0.29, 0.717) is 41.9 Å². The molecule has 4 rings (SSSR count). The summed E-state index contributed by atoms with van der Waals surface area (Å²) in [6, 6.07) is 5.21.